The molecule has 0 unspecified atom stereocenters. The predicted molar refractivity (Wildman–Crippen MR) is 30.8 cm³/mol. The standard InChI is InChI=1S/C6H10O3/c7-2-4-1-6(9)5(4)3-8/h4-5,7-8H,1-3H2/t4-,5-/m0/s1. The minimum Gasteiger partial charge on any atom is -0.396 e. The molecule has 0 amide bonds. The van der Waals surface area contributed by atoms with Crippen LogP contribution in [-0.4, -0.2) is 29.2 Å². The summed E-state index contributed by atoms with van der Waals surface area (Å²) in [6.07, 6.45) is 0.446. The van der Waals surface area contributed by atoms with E-state index in [-0.39, 0.29) is 30.8 Å². The zero-order valence-electron chi connectivity index (χ0n) is 5.08. The van der Waals surface area contributed by atoms with Gasteiger partial charge in [0.05, 0.1) is 6.61 Å². The summed E-state index contributed by atoms with van der Waals surface area (Å²) in [4.78, 5) is 10.6. The third-order valence-electron chi connectivity index (χ3n) is 1.88. The van der Waals surface area contributed by atoms with Crippen molar-refractivity contribution >= 4 is 5.78 Å². The van der Waals surface area contributed by atoms with E-state index in [1.807, 2.05) is 0 Å². The monoisotopic (exact) mass is 130 g/mol. The van der Waals surface area contributed by atoms with Gasteiger partial charge in [-0.25, -0.2) is 0 Å². The minimum absolute atomic E-state index is 0.0248. The number of carbonyl (C=O) groups excluding carboxylic acids is 1. The van der Waals surface area contributed by atoms with E-state index in [0.29, 0.717) is 6.42 Å². The highest BCUT2D eigenvalue weighted by atomic mass is 16.3. The molecule has 52 valence electrons. The number of rotatable bonds is 2. The van der Waals surface area contributed by atoms with E-state index in [1.165, 1.54) is 0 Å². The lowest BCUT2D eigenvalue weighted by molar-refractivity contribution is -0.138. The Bertz CT molecular complexity index is 121. The summed E-state index contributed by atoms with van der Waals surface area (Å²) in [7, 11) is 0. The topological polar surface area (TPSA) is 57.5 Å². The quantitative estimate of drug-likeness (QED) is 0.513. The summed E-state index contributed by atoms with van der Waals surface area (Å²) >= 11 is 0. The summed E-state index contributed by atoms with van der Waals surface area (Å²) in [5, 5.41) is 17.1. The van der Waals surface area contributed by atoms with Gasteiger partial charge in [0.15, 0.2) is 0 Å². The lowest BCUT2D eigenvalue weighted by atomic mass is 9.73. The van der Waals surface area contributed by atoms with Crippen molar-refractivity contribution in [3.05, 3.63) is 0 Å². The third-order valence-corrected chi connectivity index (χ3v) is 1.88. The van der Waals surface area contributed by atoms with E-state index in [4.69, 9.17) is 10.2 Å². The second-order valence-electron chi connectivity index (χ2n) is 2.40. The van der Waals surface area contributed by atoms with Crippen LogP contribution in [0.4, 0.5) is 0 Å². The van der Waals surface area contributed by atoms with Crippen LogP contribution < -0.4 is 0 Å². The van der Waals surface area contributed by atoms with Crippen LogP contribution in [0.2, 0.25) is 0 Å². The summed E-state index contributed by atoms with van der Waals surface area (Å²) in [6, 6.07) is 0. The molecule has 0 spiro atoms. The molecule has 0 aromatic rings. The number of ketones is 1. The second-order valence-corrected chi connectivity index (χ2v) is 2.40. The van der Waals surface area contributed by atoms with Crippen LogP contribution >= 0.6 is 0 Å². The van der Waals surface area contributed by atoms with Gasteiger partial charge in [-0.3, -0.25) is 4.79 Å². The Hall–Kier alpha value is -0.410. The van der Waals surface area contributed by atoms with Crippen molar-refractivity contribution in [2.45, 2.75) is 6.42 Å². The highest BCUT2D eigenvalue weighted by Gasteiger charge is 2.38. The number of carbonyl (C=O) groups is 1. The maximum Gasteiger partial charge on any atom is 0.139 e. The van der Waals surface area contributed by atoms with Gasteiger partial charge in [-0.15, -0.1) is 0 Å². The molecular weight excluding hydrogens is 120 g/mol. The van der Waals surface area contributed by atoms with Crippen LogP contribution in [0, 0.1) is 11.8 Å². The SMILES string of the molecule is O=C1C[C@@H](CO)[C@@H]1CO. The minimum atomic E-state index is -0.269. The fraction of sp³-hybridized carbons (Fsp3) is 0.833. The number of hydrogen-bond donors (Lipinski definition) is 2. The van der Waals surface area contributed by atoms with Crippen molar-refractivity contribution in [2.24, 2.45) is 11.8 Å². The number of aliphatic hydroxyl groups is 2. The molecular formula is C6H10O3. The number of aliphatic hydroxyl groups excluding tert-OH is 2. The smallest absolute Gasteiger partial charge is 0.139 e. The summed E-state index contributed by atoms with van der Waals surface area (Å²) in [5.74, 6) is -0.158. The van der Waals surface area contributed by atoms with Gasteiger partial charge in [0.2, 0.25) is 0 Å². The molecule has 0 radical (unpaired) electrons. The molecule has 3 heteroatoms. The van der Waals surface area contributed by atoms with E-state index in [1.54, 1.807) is 0 Å². The summed E-state index contributed by atoms with van der Waals surface area (Å²) in [6.45, 7) is -0.0823. The Kier molecular flexibility index (Phi) is 1.83. The molecule has 3 nitrogen and oxygen atoms in total. The average Bonchev–Trinajstić information content (AvgIpc) is 1.83. The van der Waals surface area contributed by atoms with Crippen LogP contribution in [0.3, 0.4) is 0 Å². The van der Waals surface area contributed by atoms with E-state index in [0.717, 1.165) is 0 Å². The van der Waals surface area contributed by atoms with E-state index >= 15 is 0 Å². The molecule has 0 heterocycles. The maximum absolute atomic E-state index is 10.6. The Morgan fingerprint density at radius 2 is 2.11 bits per heavy atom. The molecule has 1 fully saturated rings. The van der Waals surface area contributed by atoms with Crippen molar-refractivity contribution in [3.63, 3.8) is 0 Å². The van der Waals surface area contributed by atoms with Crippen molar-refractivity contribution in [3.8, 4) is 0 Å². The van der Waals surface area contributed by atoms with E-state index < -0.39 is 0 Å². The Morgan fingerprint density at radius 1 is 1.44 bits per heavy atom. The van der Waals surface area contributed by atoms with Gasteiger partial charge in [0, 0.05) is 24.9 Å². The number of hydrogen-bond acceptors (Lipinski definition) is 3. The van der Waals surface area contributed by atoms with Crippen LogP contribution in [0.25, 0.3) is 0 Å². The molecule has 0 bridgehead atoms. The molecule has 1 rings (SSSR count). The zero-order valence-corrected chi connectivity index (χ0v) is 5.08. The fourth-order valence-electron chi connectivity index (χ4n) is 1.10. The highest BCUT2D eigenvalue weighted by Crippen LogP contribution is 2.29. The van der Waals surface area contributed by atoms with Gasteiger partial charge in [0.25, 0.3) is 0 Å². The molecule has 2 atom stereocenters. The van der Waals surface area contributed by atoms with Gasteiger partial charge in [-0.1, -0.05) is 0 Å². The van der Waals surface area contributed by atoms with Crippen molar-refractivity contribution < 1.29 is 15.0 Å². The molecule has 9 heavy (non-hydrogen) atoms. The lowest BCUT2D eigenvalue weighted by Crippen LogP contribution is -2.41. The first kappa shape index (κ1) is 6.71. The van der Waals surface area contributed by atoms with Gasteiger partial charge in [-0.2, -0.15) is 0 Å². The van der Waals surface area contributed by atoms with Gasteiger partial charge < -0.3 is 10.2 Å². The van der Waals surface area contributed by atoms with Crippen molar-refractivity contribution in [1.82, 2.24) is 0 Å². The summed E-state index contributed by atoms with van der Waals surface area (Å²) < 4.78 is 0. The van der Waals surface area contributed by atoms with Crippen LogP contribution in [0.1, 0.15) is 6.42 Å². The second kappa shape index (κ2) is 2.45. The molecule has 0 saturated heterocycles. The number of Topliss-reactive ketones (excluding diaryl/α,β-unsaturated/α-hetero) is 1. The largest absolute Gasteiger partial charge is 0.396 e. The van der Waals surface area contributed by atoms with Crippen LogP contribution in [0.5, 0.6) is 0 Å². The molecule has 1 saturated carbocycles. The third kappa shape index (κ3) is 0.976. The van der Waals surface area contributed by atoms with Crippen LogP contribution in [0.15, 0.2) is 0 Å². The summed E-state index contributed by atoms with van der Waals surface area (Å²) in [5.41, 5.74) is 0. The normalized spacial score (nSPS) is 34.2. The lowest BCUT2D eigenvalue weighted by Gasteiger charge is -2.31. The first-order valence-corrected chi connectivity index (χ1v) is 3.04. The van der Waals surface area contributed by atoms with Gasteiger partial charge >= 0.3 is 0 Å². The highest BCUT2D eigenvalue weighted by molar-refractivity contribution is 5.87. The van der Waals surface area contributed by atoms with Gasteiger partial charge in [-0.05, 0) is 0 Å². The first-order valence-electron chi connectivity index (χ1n) is 3.04. The Morgan fingerprint density at radius 3 is 2.33 bits per heavy atom. The molecule has 0 aromatic heterocycles. The van der Waals surface area contributed by atoms with Crippen molar-refractivity contribution in [1.29, 1.82) is 0 Å². The predicted octanol–water partition coefficient (Wildman–Crippen LogP) is -0.824. The average molecular weight is 130 g/mol. The first-order chi connectivity index (χ1) is 4.29. The van der Waals surface area contributed by atoms with E-state index in [9.17, 15) is 4.79 Å². The molecule has 2 N–H and O–H groups in total. The van der Waals surface area contributed by atoms with E-state index in [2.05, 4.69) is 0 Å². The molecule has 1 aliphatic carbocycles. The van der Waals surface area contributed by atoms with Crippen LogP contribution in [-0.2, 0) is 4.79 Å². The maximum atomic E-state index is 10.6. The molecule has 0 aliphatic heterocycles. The molecule has 0 aromatic carbocycles. The van der Waals surface area contributed by atoms with Gasteiger partial charge in [0.1, 0.15) is 5.78 Å². The fourth-order valence-corrected chi connectivity index (χ4v) is 1.10. The zero-order chi connectivity index (χ0) is 6.85. The van der Waals surface area contributed by atoms with Crippen molar-refractivity contribution in [2.75, 3.05) is 13.2 Å². The Labute approximate surface area is 53.3 Å². The Balaban J connectivity index is 2.38. The molecule has 1 aliphatic rings.